The van der Waals surface area contributed by atoms with Crippen molar-refractivity contribution < 1.29 is 19.1 Å². The molecule has 5 heteroatoms. The molecule has 0 radical (unpaired) electrons. The molecule has 0 amide bonds. The lowest BCUT2D eigenvalue weighted by molar-refractivity contribution is -0.159. The summed E-state index contributed by atoms with van der Waals surface area (Å²) < 4.78 is 11.2. The normalized spacial score (nSPS) is 35.2. The molecule has 20 heavy (non-hydrogen) atoms. The van der Waals surface area contributed by atoms with Gasteiger partial charge in [0, 0.05) is 12.0 Å². The third-order valence-corrected chi connectivity index (χ3v) is 4.31. The molecule has 0 unspecified atom stereocenters. The Kier molecular flexibility index (Phi) is 4.07. The summed E-state index contributed by atoms with van der Waals surface area (Å²) in [6, 6.07) is 0. The van der Waals surface area contributed by atoms with Crippen molar-refractivity contribution in [3.05, 3.63) is 22.8 Å². The Bertz CT molecular complexity index is 502. The van der Waals surface area contributed by atoms with Crippen molar-refractivity contribution in [1.82, 2.24) is 0 Å². The molecular formula is C15H19ClO4. The van der Waals surface area contributed by atoms with E-state index in [1.807, 2.05) is 13.8 Å². The lowest BCUT2D eigenvalue weighted by Gasteiger charge is -2.40. The Morgan fingerprint density at radius 2 is 2.15 bits per heavy atom. The van der Waals surface area contributed by atoms with E-state index < -0.39 is 17.7 Å². The summed E-state index contributed by atoms with van der Waals surface area (Å²) in [6.45, 7) is 7.46. The van der Waals surface area contributed by atoms with Gasteiger partial charge in [0.1, 0.15) is 5.60 Å². The van der Waals surface area contributed by atoms with Gasteiger partial charge < -0.3 is 9.47 Å². The van der Waals surface area contributed by atoms with Gasteiger partial charge in [0.05, 0.1) is 12.5 Å². The van der Waals surface area contributed by atoms with Crippen LogP contribution in [0.15, 0.2) is 22.8 Å². The fourth-order valence-corrected chi connectivity index (χ4v) is 3.21. The molecule has 4 nitrogen and oxygen atoms in total. The van der Waals surface area contributed by atoms with E-state index in [9.17, 15) is 9.59 Å². The summed E-state index contributed by atoms with van der Waals surface area (Å²) in [5.74, 6) is -0.915. The molecule has 1 fully saturated rings. The highest BCUT2D eigenvalue weighted by molar-refractivity contribution is 6.29. The number of ether oxygens (including phenoxy) is 2. The van der Waals surface area contributed by atoms with Crippen LogP contribution in [-0.2, 0) is 19.1 Å². The lowest BCUT2D eigenvalue weighted by Crippen LogP contribution is -2.51. The second-order valence-electron chi connectivity index (χ2n) is 5.60. The van der Waals surface area contributed by atoms with Crippen molar-refractivity contribution in [3.8, 4) is 0 Å². The molecular weight excluding hydrogens is 280 g/mol. The standard InChI is InChI=1S/C15H19ClO4/c1-8(2)15-6-5-12(18)14(20-10(4)17)13(15)11(7-19-15)9(3)16/h5-6,8,13-14H,7H2,1-4H3/b11-9+/t13-,14+,15-/m0/s1. The number of hydrogen-bond donors (Lipinski definition) is 0. The van der Waals surface area contributed by atoms with Crippen molar-refractivity contribution in [1.29, 1.82) is 0 Å². The van der Waals surface area contributed by atoms with E-state index in [4.69, 9.17) is 21.1 Å². The Morgan fingerprint density at radius 3 is 2.65 bits per heavy atom. The monoisotopic (exact) mass is 298 g/mol. The quantitative estimate of drug-likeness (QED) is 0.735. The number of ketones is 1. The van der Waals surface area contributed by atoms with Gasteiger partial charge in [-0.25, -0.2) is 0 Å². The second-order valence-corrected chi connectivity index (χ2v) is 6.17. The van der Waals surface area contributed by atoms with Crippen LogP contribution in [0.1, 0.15) is 27.7 Å². The molecule has 2 aliphatic rings. The Labute approximate surface area is 123 Å². The smallest absolute Gasteiger partial charge is 0.303 e. The van der Waals surface area contributed by atoms with E-state index in [-0.39, 0.29) is 17.6 Å². The molecule has 1 saturated heterocycles. The summed E-state index contributed by atoms with van der Waals surface area (Å²) in [5.41, 5.74) is 0.198. The molecule has 1 heterocycles. The van der Waals surface area contributed by atoms with Gasteiger partial charge in [-0.15, -0.1) is 0 Å². The maximum Gasteiger partial charge on any atom is 0.303 e. The maximum atomic E-state index is 12.1. The first-order chi connectivity index (χ1) is 9.29. The zero-order valence-corrected chi connectivity index (χ0v) is 12.9. The number of halogens is 1. The number of rotatable bonds is 2. The summed E-state index contributed by atoms with van der Waals surface area (Å²) >= 11 is 6.14. The summed E-state index contributed by atoms with van der Waals surface area (Å²) in [6.07, 6.45) is 2.39. The largest absolute Gasteiger partial charge is 0.453 e. The van der Waals surface area contributed by atoms with Gasteiger partial charge in [-0.3, -0.25) is 9.59 Å². The second kappa shape index (κ2) is 5.34. The van der Waals surface area contributed by atoms with Crippen LogP contribution in [0, 0.1) is 11.8 Å². The third-order valence-electron chi connectivity index (χ3n) is 4.07. The third kappa shape index (κ3) is 2.31. The van der Waals surface area contributed by atoms with Gasteiger partial charge in [-0.1, -0.05) is 25.4 Å². The first-order valence-corrected chi connectivity index (χ1v) is 7.06. The maximum absolute atomic E-state index is 12.1. The van der Waals surface area contributed by atoms with E-state index in [1.165, 1.54) is 13.0 Å². The zero-order chi connectivity index (χ0) is 15.1. The van der Waals surface area contributed by atoms with Crippen LogP contribution >= 0.6 is 11.6 Å². The van der Waals surface area contributed by atoms with Crippen LogP contribution in [0.2, 0.25) is 0 Å². The molecule has 110 valence electrons. The SMILES string of the molecule is CC(=O)O[C@@H]1C(=O)C=C[C@@]2(C(C)C)OC/C(=C(/C)Cl)[C@@H]12. The Morgan fingerprint density at radius 1 is 1.50 bits per heavy atom. The molecule has 0 bridgehead atoms. The van der Waals surface area contributed by atoms with Gasteiger partial charge in [-0.05, 0) is 30.6 Å². The first kappa shape index (κ1) is 15.3. The van der Waals surface area contributed by atoms with E-state index >= 15 is 0 Å². The molecule has 2 rings (SSSR count). The first-order valence-electron chi connectivity index (χ1n) is 6.69. The van der Waals surface area contributed by atoms with Gasteiger partial charge in [-0.2, -0.15) is 0 Å². The zero-order valence-electron chi connectivity index (χ0n) is 12.1. The van der Waals surface area contributed by atoms with Crippen LogP contribution in [0.25, 0.3) is 0 Å². The highest BCUT2D eigenvalue weighted by atomic mass is 35.5. The summed E-state index contributed by atoms with van der Waals surface area (Å²) in [7, 11) is 0. The van der Waals surface area contributed by atoms with Crippen molar-refractivity contribution in [2.24, 2.45) is 11.8 Å². The molecule has 0 aromatic heterocycles. The summed E-state index contributed by atoms with van der Waals surface area (Å²) in [4.78, 5) is 23.4. The predicted molar refractivity (Wildman–Crippen MR) is 75.3 cm³/mol. The van der Waals surface area contributed by atoms with Crippen LogP contribution in [0.4, 0.5) is 0 Å². The molecule has 0 aromatic rings. The topological polar surface area (TPSA) is 52.6 Å². The fraction of sp³-hybridized carbons (Fsp3) is 0.600. The van der Waals surface area contributed by atoms with Gasteiger partial charge in [0.25, 0.3) is 0 Å². The number of carbonyl (C=O) groups excluding carboxylic acids is 2. The number of carbonyl (C=O) groups is 2. The molecule has 3 atom stereocenters. The van der Waals surface area contributed by atoms with Gasteiger partial charge in [0.15, 0.2) is 11.9 Å². The number of fused-ring (bicyclic) bond motifs is 1. The molecule has 1 aliphatic carbocycles. The Hall–Kier alpha value is -1.13. The van der Waals surface area contributed by atoms with E-state index in [0.717, 1.165) is 5.57 Å². The van der Waals surface area contributed by atoms with Crippen LogP contribution in [0.5, 0.6) is 0 Å². The average Bonchev–Trinajstić information content (AvgIpc) is 2.73. The van der Waals surface area contributed by atoms with Gasteiger partial charge >= 0.3 is 5.97 Å². The minimum atomic E-state index is -0.855. The van der Waals surface area contributed by atoms with Gasteiger partial charge in [0.2, 0.25) is 0 Å². The van der Waals surface area contributed by atoms with Crippen LogP contribution in [0.3, 0.4) is 0 Å². The molecule has 0 saturated carbocycles. The predicted octanol–water partition coefficient (Wildman–Crippen LogP) is 2.61. The van der Waals surface area contributed by atoms with Crippen LogP contribution in [-0.4, -0.2) is 30.1 Å². The van der Waals surface area contributed by atoms with Crippen molar-refractivity contribution >= 4 is 23.4 Å². The summed E-state index contributed by atoms with van der Waals surface area (Å²) in [5, 5.41) is 0.595. The van der Waals surface area contributed by atoms with Crippen molar-refractivity contribution in [3.63, 3.8) is 0 Å². The molecule has 0 N–H and O–H groups in total. The Balaban J connectivity index is 2.54. The number of hydrogen-bond acceptors (Lipinski definition) is 4. The minimum absolute atomic E-state index is 0.128. The van der Waals surface area contributed by atoms with Crippen LogP contribution < -0.4 is 0 Å². The molecule has 0 aromatic carbocycles. The number of esters is 1. The highest BCUT2D eigenvalue weighted by Gasteiger charge is 2.56. The number of allylic oxidation sites excluding steroid dienone is 1. The lowest BCUT2D eigenvalue weighted by atomic mass is 9.70. The fourth-order valence-electron chi connectivity index (χ4n) is 3.03. The van der Waals surface area contributed by atoms with Crippen molar-refractivity contribution in [2.75, 3.05) is 6.61 Å². The van der Waals surface area contributed by atoms with E-state index in [1.54, 1.807) is 13.0 Å². The molecule has 1 aliphatic heterocycles. The van der Waals surface area contributed by atoms with Crippen molar-refractivity contribution in [2.45, 2.75) is 39.4 Å². The average molecular weight is 299 g/mol. The minimum Gasteiger partial charge on any atom is -0.453 e. The highest BCUT2D eigenvalue weighted by Crippen LogP contribution is 2.48. The van der Waals surface area contributed by atoms with E-state index in [2.05, 4.69) is 0 Å². The molecule has 0 spiro atoms. The van der Waals surface area contributed by atoms with E-state index in [0.29, 0.717) is 11.6 Å².